The molecule has 2 aliphatic carbocycles. The molecule has 5 rings (SSSR count). The lowest BCUT2D eigenvalue weighted by Crippen LogP contribution is -2.43. The van der Waals surface area contributed by atoms with Gasteiger partial charge in [0.05, 0.1) is 17.7 Å². The largest absolute Gasteiger partial charge is 0.493 e. The Morgan fingerprint density at radius 2 is 1.82 bits per heavy atom. The number of carbonyl (C=O) groups excluding carboxylic acids is 2. The monoisotopic (exact) mass is 465 g/mol. The third-order valence-electron chi connectivity index (χ3n) is 6.55. The van der Waals surface area contributed by atoms with Crippen molar-refractivity contribution in [2.75, 3.05) is 6.61 Å². The van der Waals surface area contributed by atoms with Crippen LogP contribution in [0.25, 0.3) is 22.3 Å². The standard InChI is InChI=1S/C25H28FN5O3/c1-14(32)30-17-5-7-18(8-6-17)31-25(33)20-11-27-24-22(28-13-29-23(20)24)19-10-16(26)4-9-21(19)34-12-15-2-3-15/h4,9-11,13,15,17-18,27H,2-3,5-8,12H2,1H3,(H,30,32)(H,31,33). The van der Waals surface area contributed by atoms with Crippen LogP contribution in [0.3, 0.4) is 0 Å². The van der Waals surface area contributed by atoms with E-state index >= 15 is 0 Å². The van der Waals surface area contributed by atoms with Crippen LogP contribution in [0.5, 0.6) is 5.75 Å². The Bertz CT molecular complexity index is 1210. The highest BCUT2D eigenvalue weighted by molar-refractivity contribution is 6.07. The Morgan fingerprint density at radius 1 is 1.09 bits per heavy atom. The van der Waals surface area contributed by atoms with Crippen LogP contribution >= 0.6 is 0 Å². The van der Waals surface area contributed by atoms with Crippen LogP contribution < -0.4 is 15.4 Å². The van der Waals surface area contributed by atoms with Crippen molar-refractivity contribution in [1.29, 1.82) is 0 Å². The van der Waals surface area contributed by atoms with Gasteiger partial charge in [0.15, 0.2) is 0 Å². The Kier molecular flexibility index (Phi) is 6.17. The van der Waals surface area contributed by atoms with Crippen molar-refractivity contribution in [3.63, 3.8) is 0 Å². The predicted octanol–water partition coefficient (Wildman–Crippen LogP) is 3.73. The molecule has 34 heavy (non-hydrogen) atoms. The van der Waals surface area contributed by atoms with Crippen molar-refractivity contribution < 1.29 is 18.7 Å². The SMILES string of the molecule is CC(=O)NC1CCC(NC(=O)c2c[nH]c3c(-c4cc(F)ccc4OCC4CC4)ncnc23)CC1. The number of ether oxygens (including phenoxy) is 1. The van der Waals surface area contributed by atoms with Gasteiger partial charge in [-0.15, -0.1) is 0 Å². The highest BCUT2D eigenvalue weighted by Gasteiger charge is 2.26. The van der Waals surface area contributed by atoms with Crippen molar-refractivity contribution in [3.8, 4) is 17.0 Å². The van der Waals surface area contributed by atoms with Gasteiger partial charge in [0.2, 0.25) is 5.91 Å². The first-order valence-corrected chi connectivity index (χ1v) is 11.8. The Labute approximate surface area is 196 Å². The van der Waals surface area contributed by atoms with E-state index in [2.05, 4.69) is 25.6 Å². The summed E-state index contributed by atoms with van der Waals surface area (Å²) in [6, 6.07) is 4.59. The van der Waals surface area contributed by atoms with E-state index in [1.54, 1.807) is 12.3 Å². The molecule has 0 aliphatic heterocycles. The van der Waals surface area contributed by atoms with Crippen LogP contribution in [-0.4, -0.2) is 45.5 Å². The lowest BCUT2D eigenvalue weighted by Gasteiger charge is -2.29. The topological polar surface area (TPSA) is 109 Å². The first-order chi connectivity index (χ1) is 16.5. The van der Waals surface area contributed by atoms with Gasteiger partial charge in [0.1, 0.15) is 29.1 Å². The summed E-state index contributed by atoms with van der Waals surface area (Å²) in [4.78, 5) is 36.2. The minimum atomic E-state index is -0.389. The predicted molar refractivity (Wildman–Crippen MR) is 125 cm³/mol. The summed E-state index contributed by atoms with van der Waals surface area (Å²) in [6.45, 7) is 2.11. The number of nitrogens with zero attached hydrogens (tertiary/aromatic N) is 2. The average molecular weight is 466 g/mol. The van der Waals surface area contributed by atoms with E-state index in [9.17, 15) is 14.0 Å². The van der Waals surface area contributed by atoms with Crippen LogP contribution in [0.2, 0.25) is 0 Å². The van der Waals surface area contributed by atoms with Crippen molar-refractivity contribution in [2.24, 2.45) is 5.92 Å². The third-order valence-corrected chi connectivity index (χ3v) is 6.55. The zero-order valence-electron chi connectivity index (χ0n) is 19.1. The summed E-state index contributed by atoms with van der Waals surface area (Å²) >= 11 is 0. The maximum atomic E-state index is 14.1. The van der Waals surface area contributed by atoms with Gasteiger partial charge in [0, 0.05) is 30.8 Å². The fourth-order valence-corrected chi connectivity index (χ4v) is 4.55. The van der Waals surface area contributed by atoms with Gasteiger partial charge < -0.3 is 20.4 Å². The number of rotatable bonds is 7. The van der Waals surface area contributed by atoms with Gasteiger partial charge >= 0.3 is 0 Å². The van der Waals surface area contributed by atoms with E-state index in [1.165, 1.54) is 25.4 Å². The number of halogens is 1. The molecule has 0 unspecified atom stereocenters. The fourth-order valence-electron chi connectivity index (χ4n) is 4.55. The van der Waals surface area contributed by atoms with Gasteiger partial charge in [0.25, 0.3) is 5.91 Å². The molecule has 9 heteroatoms. The smallest absolute Gasteiger partial charge is 0.255 e. The van der Waals surface area contributed by atoms with Crippen LogP contribution in [0.4, 0.5) is 4.39 Å². The Hall–Kier alpha value is -3.49. The van der Waals surface area contributed by atoms with Crippen molar-refractivity contribution in [2.45, 2.75) is 57.5 Å². The molecule has 0 radical (unpaired) electrons. The first-order valence-electron chi connectivity index (χ1n) is 11.8. The molecule has 2 heterocycles. The summed E-state index contributed by atoms with van der Waals surface area (Å²) in [5.74, 6) is 0.478. The number of H-pyrrole nitrogens is 1. The molecule has 0 atom stereocenters. The highest BCUT2D eigenvalue weighted by atomic mass is 19.1. The molecule has 2 fully saturated rings. The van der Waals surface area contributed by atoms with E-state index < -0.39 is 0 Å². The molecule has 178 valence electrons. The number of carbonyl (C=O) groups is 2. The van der Waals surface area contributed by atoms with Crippen molar-refractivity contribution >= 4 is 22.8 Å². The van der Waals surface area contributed by atoms with Crippen LogP contribution in [0.1, 0.15) is 55.8 Å². The second-order valence-electron chi connectivity index (χ2n) is 9.27. The van der Waals surface area contributed by atoms with E-state index in [0.29, 0.717) is 46.1 Å². The Balaban J connectivity index is 1.35. The van der Waals surface area contributed by atoms with Gasteiger partial charge in [-0.2, -0.15) is 0 Å². The van der Waals surface area contributed by atoms with Crippen molar-refractivity contribution in [3.05, 3.63) is 42.1 Å². The maximum absolute atomic E-state index is 14.1. The van der Waals surface area contributed by atoms with Crippen LogP contribution in [0.15, 0.2) is 30.7 Å². The van der Waals surface area contributed by atoms with Gasteiger partial charge in [-0.3, -0.25) is 9.59 Å². The molecular formula is C25H28FN5O3. The minimum Gasteiger partial charge on any atom is -0.493 e. The molecule has 2 amide bonds. The molecule has 0 saturated heterocycles. The number of hydrogen-bond acceptors (Lipinski definition) is 5. The zero-order valence-corrected chi connectivity index (χ0v) is 19.1. The average Bonchev–Trinajstić information content (AvgIpc) is 3.54. The molecule has 2 aliphatic rings. The molecule has 3 N–H and O–H groups in total. The van der Waals surface area contributed by atoms with Gasteiger partial charge in [-0.25, -0.2) is 14.4 Å². The number of amides is 2. The molecule has 0 bridgehead atoms. The van der Waals surface area contributed by atoms with E-state index in [4.69, 9.17) is 4.74 Å². The third kappa shape index (κ3) is 4.88. The molecule has 8 nitrogen and oxygen atoms in total. The fraction of sp³-hybridized carbons (Fsp3) is 0.440. The summed E-state index contributed by atoms with van der Waals surface area (Å²) in [6.07, 6.45) is 8.55. The van der Waals surface area contributed by atoms with E-state index in [-0.39, 0.29) is 29.7 Å². The quantitative estimate of drug-likeness (QED) is 0.493. The van der Waals surface area contributed by atoms with Crippen LogP contribution in [-0.2, 0) is 4.79 Å². The number of fused-ring (bicyclic) bond motifs is 1. The molecular weight excluding hydrogens is 437 g/mol. The number of nitrogens with one attached hydrogen (secondary N) is 3. The second-order valence-corrected chi connectivity index (χ2v) is 9.27. The van der Waals surface area contributed by atoms with Crippen LogP contribution in [0, 0.1) is 11.7 Å². The number of hydrogen-bond donors (Lipinski definition) is 3. The molecule has 0 spiro atoms. The first kappa shape index (κ1) is 22.3. The number of aromatic nitrogens is 3. The molecule has 3 aromatic rings. The zero-order chi connectivity index (χ0) is 23.7. The lowest BCUT2D eigenvalue weighted by atomic mass is 9.91. The van der Waals surface area contributed by atoms with Gasteiger partial charge in [-0.05, 0) is 62.6 Å². The second kappa shape index (κ2) is 9.40. The summed E-state index contributed by atoms with van der Waals surface area (Å²) in [5.41, 5.74) is 2.47. The normalized spacial score (nSPS) is 20.2. The van der Waals surface area contributed by atoms with E-state index in [1.807, 2.05) is 0 Å². The highest BCUT2D eigenvalue weighted by Crippen LogP contribution is 2.36. The molecule has 1 aromatic carbocycles. The number of benzene rings is 1. The summed E-state index contributed by atoms with van der Waals surface area (Å²) < 4.78 is 20.1. The van der Waals surface area contributed by atoms with Crippen molar-refractivity contribution in [1.82, 2.24) is 25.6 Å². The summed E-state index contributed by atoms with van der Waals surface area (Å²) in [5, 5.41) is 6.04. The maximum Gasteiger partial charge on any atom is 0.255 e. The molecule has 2 aromatic heterocycles. The summed E-state index contributed by atoms with van der Waals surface area (Å²) in [7, 11) is 0. The minimum absolute atomic E-state index is 0.0267. The Morgan fingerprint density at radius 3 is 2.53 bits per heavy atom. The lowest BCUT2D eigenvalue weighted by molar-refractivity contribution is -0.119. The van der Waals surface area contributed by atoms with E-state index in [0.717, 1.165) is 38.5 Å². The number of aromatic amines is 1. The van der Waals surface area contributed by atoms with Gasteiger partial charge in [-0.1, -0.05) is 0 Å². The molecule has 2 saturated carbocycles.